The predicted molar refractivity (Wildman–Crippen MR) is 159 cm³/mol. The molecular formula is C29H25ClN4O3S2. The minimum atomic E-state index is -0.466. The third-order valence-corrected chi connectivity index (χ3v) is 7.68. The monoisotopic (exact) mass is 576 g/mol. The van der Waals surface area contributed by atoms with Crippen LogP contribution in [-0.4, -0.2) is 28.0 Å². The van der Waals surface area contributed by atoms with Crippen LogP contribution in [0.15, 0.2) is 100 Å². The number of hydrogen-bond donors (Lipinski definition) is 3. The Kier molecular flexibility index (Phi) is 9.91. The van der Waals surface area contributed by atoms with Crippen LogP contribution in [0.1, 0.15) is 29.3 Å². The second-order valence-corrected chi connectivity index (χ2v) is 10.8. The molecule has 3 amide bonds. The summed E-state index contributed by atoms with van der Waals surface area (Å²) in [5, 5.41) is 12.3. The summed E-state index contributed by atoms with van der Waals surface area (Å²) in [6.07, 6.45) is 3.69. The molecule has 0 fully saturated rings. The number of hydrogen-bond acceptors (Lipinski definition) is 6. The van der Waals surface area contributed by atoms with Gasteiger partial charge in [-0.15, -0.1) is 11.8 Å². The molecule has 1 unspecified atom stereocenters. The lowest BCUT2D eigenvalue weighted by molar-refractivity contribution is -0.116. The molecule has 39 heavy (non-hydrogen) atoms. The largest absolute Gasteiger partial charge is 0.321 e. The zero-order valence-electron chi connectivity index (χ0n) is 20.9. The van der Waals surface area contributed by atoms with E-state index >= 15 is 0 Å². The molecule has 4 aromatic rings. The molecule has 0 aliphatic carbocycles. The lowest BCUT2D eigenvalue weighted by atomic mass is 10.2. The standard InChI is InChI=1S/C29H25ClN4O3S2/c1-2-25(29(37)34-26-12-11-21(30)17-31-26)39-23-10-6-9-22(16-23)32-28(36)24(15-19-13-14-38-18-19)33-27(35)20-7-4-3-5-8-20/h3-18,25H,2H2,1H3,(H,32,36)(H,33,35)(H,31,34,37)/b24-15-. The fourth-order valence-corrected chi connectivity index (χ4v) is 5.20. The summed E-state index contributed by atoms with van der Waals surface area (Å²) in [5.41, 5.74) is 1.89. The van der Waals surface area contributed by atoms with Crippen molar-refractivity contribution in [2.24, 2.45) is 0 Å². The Morgan fingerprint density at radius 2 is 1.85 bits per heavy atom. The first-order chi connectivity index (χ1) is 18.9. The molecule has 3 N–H and O–H groups in total. The number of carbonyl (C=O) groups is 3. The molecule has 0 spiro atoms. The Morgan fingerprint density at radius 3 is 2.54 bits per heavy atom. The minimum Gasteiger partial charge on any atom is -0.321 e. The van der Waals surface area contributed by atoms with Gasteiger partial charge in [-0.2, -0.15) is 11.3 Å². The van der Waals surface area contributed by atoms with Crippen LogP contribution >= 0.6 is 34.7 Å². The van der Waals surface area contributed by atoms with Gasteiger partial charge in [0.1, 0.15) is 11.5 Å². The number of rotatable bonds is 10. The summed E-state index contributed by atoms with van der Waals surface area (Å²) >= 11 is 8.74. The first-order valence-electron chi connectivity index (χ1n) is 12.0. The fraction of sp³-hybridized carbons (Fsp3) is 0.103. The number of carbonyl (C=O) groups excluding carboxylic acids is 3. The lowest BCUT2D eigenvalue weighted by Crippen LogP contribution is -2.30. The highest BCUT2D eigenvalue weighted by Crippen LogP contribution is 2.29. The number of thiophene rings is 1. The van der Waals surface area contributed by atoms with Gasteiger partial charge in [0.15, 0.2) is 0 Å². The van der Waals surface area contributed by atoms with Gasteiger partial charge in [0.25, 0.3) is 11.8 Å². The maximum atomic E-state index is 13.3. The van der Waals surface area contributed by atoms with E-state index in [4.69, 9.17) is 11.6 Å². The summed E-state index contributed by atoms with van der Waals surface area (Å²) in [4.78, 5) is 43.8. The molecule has 0 radical (unpaired) electrons. The van der Waals surface area contributed by atoms with Gasteiger partial charge < -0.3 is 16.0 Å². The number of nitrogens with one attached hydrogen (secondary N) is 3. The molecule has 0 saturated heterocycles. The molecule has 2 heterocycles. The quantitative estimate of drug-likeness (QED) is 0.144. The molecule has 2 aromatic carbocycles. The maximum Gasteiger partial charge on any atom is 0.272 e. The molecular weight excluding hydrogens is 552 g/mol. The number of anilines is 2. The molecule has 2 aromatic heterocycles. The Balaban J connectivity index is 1.46. The Hall–Kier alpha value is -3.92. The van der Waals surface area contributed by atoms with E-state index in [0.717, 1.165) is 10.5 Å². The zero-order chi connectivity index (χ0) is 27.6. The van der Waals surface area contributed by atoms with Gasteiger partial charge in [-0.3, -0.25) is 14.4 Å². The average Bonchev–Trinajstić information content (AvgIpc) is 3.46. The minimum absolute atomic E-state index is 0.113. The molecule has 0 aliphatic rings. The summed E-state index contributed by atoms with van der Waals surface area (Å²) < 4.78 is 0. The predicted octanol–water partition coefficient (Wildman–Crippen LogP) is 6.72. The number of aromatic nitrogens is 1. The first-order valence-corrected chi connectivity index (χ1v) is 14.2. The molecule has 198 valence electrons. The highest BCUT2D eigenvalue weighted by Gasteiger charge is 2.20. The third kappa shape index (κ3) is 8.28. The van der Waals surface area contributed by atoms with E-state index < -0.39 is 5.91 Å². The molecule has 0 bridgehead atoms. The van der Waals surface area contributed by atoms with Gasteiger partial charge in [0.2, 0.25) is 5.91 Å². The van der Waals surface area contributed by atoms with Crippen LogP contribution in [0, 0.1) is 0 Å². The van der Waals surface area contributed by atoms with Gasteiger partial charge >= 0.3 is 0 Å². The maximum absolute atomic E-state index is 13.3. The van der Waals surface area contributed by atoms with Crippen LogP contribution in [0.5, 0.6) is 0 Å². The van der Waals surface area contributed by atoms with E-state index in [9.17, 15) is 14.4 Å². The Labute approximate surface area is 239 Å². The van der Waals surface area contributed by atoms with Crippen molar-refractivity contribution in [2.45, 2.75) is 23.5 Å². The summed E-state index contributed by atoms with van der Waals surface area (Å²) in [6, 6.07) is 21.1. The van der Waals surface area contributed by atoms with Crippen molar-refractivity contribution in [3.63, 3.8) is 0 Å². The van der Waals surface area contributed by atoms with Gasteiger partial charge in [-0.25, -0.2) is 4.98 Å². The normalized spacial score (nSPS) is 11.9. The van der Waals surface area contributed by atoms with E-state index in [1.165, 1.54) is 29.3 Å². The topological polar surface area (TPSA) is 100 Å². The van der Waals surface area contributed by atoms with Gasteiger partial charge in [-0.1, -0.05) is 42.8 Å². The average molecular weight is 577 g/mol. The van der Waals surface area contributed by atoms with Crippen molar-refractivity contribution in [3.05, 3.63) is 112 Å². The summed E-state index contributed by atoms with van der Waals surface area (Å²) in [7, 11) is 0. The molecule has 4 rings (SSSR count). The Morgan fingerprint density at radius 1 is 1.03 bits per heavy atom. The van der Waals surface area contributed by atoms with E-state index in [1.807, 2.05) is 35.9 Å². The van der Waals surface area contributed by atoms with Crippen molar-refractivity contribution in [1.29, 1.82) is 0 Å². The van der Waals surface area contributed by atoms with Gasteiger partial charge in [0, 0.05) is 22.3 Å². The highest BCUT2D eigenvalue weighted by molar-refractivity contribution is 8.00. The molecule has 7 nitrogen and oxygen atoms in total. The van der Waals surface area contributed by atoms with Crippen LogP contribution in [-0.2, 0) is 9.59 Å². The van der Waals surface area contributed by atoms with E-state index in [-0.39, 0.29) is 22.8 Å². The van der Waals surface area contributed by atoms with Crippen LogP contribution < -0.4 is 16.0 Å². The second-order valence-electron chi connectivity index (χ2n) is 8.28. The van der Waals surface area contributed by atoms with Crippen LogP contribution in [0.4, 0.5) is 11.5 Å². The number of benzene rings is 2. The zero-order valence-corrected chi connectivity index (χ0v) is 23.3. The lowest BCUT2D eigenvalue weighted by Gasteiger charge is -2.15. The number of pyridine rings is 1. The second kappa shape index (κ2) is 13.7. The number of amides is 3. The van der Waals surface area contributed by atoms with Gasteiger partial charge in [0.05, 0.1) is 10.3 Å². The first kappa shape index (κ1) is 28.1. The molecule has 10 heteroatoms. The van der Waals surface area contributed by atoms with Crippen molar-refractivity contribution in [3.8, 4) is 0 Å². The molecule has 1 atom stereocenters. The van der Waals surface area contributed by atoms with Crippen molar-refractivity contribution in [1.82, 2.24) is 10.3 Å². The van der Waals surface area contributed by atoms with Gasteiger partial charge in [-0.05, 0) is 77.4 Å². The van der Waals surface area contributed by atoms with Crippen LogP contribution in [0.25, 0.3) is 6.08 Å². The van der Waals surface area contributed by atoms with E-state index in [0.29, 0.717) is 28.5 Å². The van der Waals surface area contributed by atoms with E-state index in [2.05, 4.69) is 20.9 Å². The molecule has 0 saturated carbocycles. The number of nitrogens with zero attached hydrogens (tertiary/aromatic N) is 1. The number of halogens is 1. The van der Waals surface area contributed by atoms with Crippen LogP contribution in [0.2, 0.25) is 5.02 Å². The van der Waals surface area contributed by atoms with Crippen molar-refractivity contribution >= 4 is 70.0 Å². The third-order valence-electron chi connectivity index (χ3n) is 5.40. The summed E-state index contributed by atoms with van der Waals surface area (Å²) in [6.45, 7) is 1.93. The fourth-order valence-electron chi connectivity index (χ4n) is 3.45. The Bertz CT molecular complexity index is 1460. The SMILES string of the molecule is CCC(Sc1cccc(NC(=O)/C(=C/c2ccsc2)NC(=O)c2ccccc2)c1)C(=O)Nc1ccc(Cl)cn1. The molecule has 0 aliphatic heterocycles. The van der Waals surface area contributed by atoms with Crippen molar-refractivity contribution < 1.29 is 14.4 Å². The van der Waals surface area contributed by atoms with E-state index in [1.54, 1.807) is 60.7 Å². The smallest absolute Gasteiger partial charge is 0.272 e. The number of thioether (sulfide) groups is 1. The summed E-state index contributed by atoms with van der Waals surface area (Å²) in [5.74, 6) is -0.613. The van der Waals surface area contributed by atoms with Crippen molar-refractivity contribution in [2.75, 3.05) is 10.6 Å². The van der Waals surface area contributed by atoms with Crippen LogP contribution in [0.3, 0.4) is 0 Å². The highest BCUT2D eigenvalue weighted by atomic mass is 35.5.